The van der Waals surface area contributed by atoms with Crippen molar-refractivity contribution in [2.75, 3.05) is 7.05 Å². The van der Waals surface area contributed by atoms with Crippen molar-refractivity contribution < 1.29 is 9.53 Å². The lowest BCUT2D eigenvalue weighted by molar-refractivity contribution is -0.130. The number of carbonyl (C=O) groups excluding carboxylic acids is 1. The number of nitrogens with zero attached hydrogens (tertiary/aromatic N) is 1. The van der Waals surface area contributed by atoms with Crippen molar-refractivity contribution in [1.82, 2.24) is 10.3 Å². The number of amides is 1. The zero-order valence-electron chi connectivity index (χ0n) is 10.8. The summed E-state index contributed by atoms with van der Waals surface area (Å²) in [6, 6.07) is 9.85. The average Bonchev–Trinajstić information content (AvgIpc) is 2.41. The Kier molecular flexibility index (Phi) is 3.07. The van der Waals surface area contributed by atoms with E-state index in [1.807, 2.05) is 30.3 Å². The standard InChI is InChI=1S/C15H16N2O2/c1-16-15(18)11-8-12(9-11)19-13-6-2-4-10-5-3-7-17-14(10)13/h2-7,11-12H,8-9H2,1H3,(H,16,18). The Morgan fingerprint density at radius 1 is 1.32 bits per heavy atom. The molecular formula is C15H16N2O2. The Morgan fingerprint density at radius 2 is 2.11 bits per heavy atom. The first kappa shape index (κ1) is 12.0. The van der Waals surface area contributed by atoms with E-state index in [2.05, 4.69) is 10.3 Å². The van der Waals surface area contributed by atoms with Crippen LogP contribution >= 0.6 is 0 Å². The van der Waals surface area contributed by atoms with Crippen LogP contribution in [0.4, 0.5) is 0 Å². The molecule has 0 radical (unpaired) electrons. The van der Waals surface area contributed by atoms with E-state index in [-0.39, 0.29) is 17.9 Å². The molecule has 4 heteroatoms. The average molecular weight is 256 g/mol. The van der Waals surface area contributed by atoms with Gasteiger partial charge in [-0.05, 0) is 25.0 Å². The second-order valence-electron chi connectivity index (χ2n) is 4.85. The van der Waals surface area contributed by atoms with E-state index in [9.17, 15) is 4.79 Å². The first-order valence-electron chi connectivity index (χ1n) is 6.50. The Hall–Kier alpha value is -2.10. The van der Waals surface area contributed by atoms with Crippen molar-refractivity contribution >= 4 is 16.8 Å². The summed E-state index contributed by atoms with van der Waals surface area (Å²) in [6.07, 6.45) is 3.45. The third kappa shape index (κ3) is 2.26. The molecular weight excluding hydrogens is 240 g/mol. The third-order valence-electron chi connectivity index (χ3n) is 3.60. The lowest BCUT2D eigenvalue weighted by Crippen LogP contribution is -2.42. The second-order valence-corrected chi connectivity index (χ2v) is 4.85. The highest BCUT2D eigenvalue weighted by Gasteiger charge is 2.35. The summed E-state index contributed by atoms with van der Waals surface area (Å²) in [6.45, 7) is 0. The first-order chi connectivity index (χ1) is 9.28. The molecule has 0 aliphatic heterocycles. The zero-order chi connectivity index (χ0) is 13.2. The summed E-state index contributed by atoms with van der Waals surface area (Å²) in [5, 5.41) is 3.75. The highest BCUT2D eigenvalue weighted by Crippen LogP contribution is 2.33. The van der Waals surface area contributed by atoms with Crippen LogP contribution in [0.25, 0.3) is 10.9 Å². The van der Waals surface area contributed by atoms with E-state index < -0.39 is 0 Å². The molecule has 1 N–H and O–H groups in total. The van der Waals surface area contributed by atoms with Gasteiger partial charge in [-0.2, -0.15) is 0 Å². The molecule has 3 rings (SSSR count). The number of hydrogen-bond acceptors (Lipinski definition) is 3. The highest BCUT2D eigenvalue weighted by molar-refractivity contribution is 5.84. The van der Waals surface area contributed by atoms with Gasteiger partial charge in [-0.3, -0.25) is 9.78 Å². The van der Waals surface area contributed by atoms with Gasteiger partial charge in [0.05, 0.1) is 0 Å². The lowest BCUT2D eigenvalue weighted by Gasteiger charge is -2.34. The predicted molar refractivity (Wildman–Crippen MR) is 72.9 cm³/mol. The molecule has 1 aromatic heterocycles. The summed E-state index contributed by atoms with van der Waals surface area (Å²) >= 11 is 0. The molecule has 1 amide bonds. The number of ether oxygens (including phenoxy) is 1. The van der Waals surface area contributed by atoms with Crippen molar-refractivity contribution in [3.05, 3.63) is 36.5 Å². The molecule has 1 fully saturated rings. The molecule has 1 aromatic carbocycles. The van der Waals surface area contributed by atoms with Crippen LogP contribution in [0.1, 0.15) is 12.8 Å². The van der Waals surface area contributed by atoms with Crippen LogP contribution in [0.3, 0.4) is 0 Å². The minimum atomic E-state index is 0.0953. The molecule has 98 valence electrons. The van der Waals surface area contributed by atoms with E-state index in [1.165, 1.54) is 0 Å². The van der Waals surface area contributed by atoms with Crippen LogP contribution < -0.4 is 10.1 Å². The van der Waals surface area contributed by atoms with Crippen LogP contribution in [0.2, 0.25) is 0 Å². The van der Waals surface area contributed by atoms with E-state index in [1.54, 1.807) is 13.2 Å². The number of carbonyl (C=O) groups is 1. The van der Waals surface area contributed by atoms with Crippen molar-refractivity contribution in [2.45, 2.75) is 18.9 Å². The molecule has 0 saturated heterocycles. The molecule has 4 nitrogen and oxygen atoms in total. The van der Waals surface area contributed by atoms with Crippen LogP contribution in [0, 0.1) is 5.92 Å². The van der Waals surface area contributed by atoms with Gasteiger partial charge in [0, 0.05) is 24.5 Å². The van der Waals surface area contributed by atoms with E-state index in [0.717, 1.165) is 29.5 Å². The number of pyridine rings is 1. The lowest BCUT2D eigenvalue weighted by atomic mass is 9.81. The van der Waals surface area contributed by atoms with Gasteiger partial charge >= 0.3 is 0 Å². The van der Waals surface area contributed by atoms with Gasteiger partial charge in [0.1, 0.15) is 17.4 Å². The fraction of sp³-hybridized carbons (Fsp3) is 0.333. The van der Waals surface area contributed by atoms with Gasteiger partial charge in [-0.1, -0.05) is 18.2 Å². The number of nitrogens with one attached hydrogen (secondary N) is 1. The predicted octanol–water partition coefficient (Wildman–Crippen LogP) is 2.14. The number of aromatic nitrogens is 1. The topological polar surface area (TPSA) is 51.2 Å². The molecule has 2 aromatic rings. The maximum Gasteiger partial charge on any atom is 0.223 e. The minimum absolute atomic E-state index is 0.0953. The van der Waals surface area contributed by atoms with Gasteiger partial charge in [0.15, 0.2) is 0 Å². The molecule has 0 spiro atoms. The molecule has 1 saturated carbocycles. The SMILES string of the molecule is CNC(=O)C1CC(Oc2cccc3cccnc23)C1. The maximum absolute atomic E-state index is 11.4. The van der Waals surface area contributed by atoms with Gasteiger partial charge in [-0.25, -0.2) is 0 Å². The van der Waals surface area contributed by atoms with Gasteiger partial charge in [-0.15, -0.1) is 0 Å². The van der Waals surface area contributed by atoms with Gasteiger partial charge in [0.25, 0.3) is 0 Å². The fourth-order valence-corrected chi connectivity index (χ4v) is 2.43. The third-order valence-corrected chi connectivity index (χ3v) is 3.60. The van der Waals surface area contributed by atoms with Crippen LogP contribution in [0.5, 0.6) is 5.75 Å². The summed E-state index contributed by atoms with van der Waals surface area (Å²) in [7, 11) is 1.67. The van der Waals surface area contributed by atoms with Crippen molar-refractivity contribution in [2.24, 2.45) is 5.92 Å². The second kappa shape index (κ2) is 4.88. The van der Waals surface area contributed by atoms with Gasteiger partial charge in [0.2, 0.25) is 5.91 Å². The Morgan fingerprint density at radius 3 is 2.89 bits per heavy atom. The molecule has 0 bridgehead atoms. The normalized spacial score (nSPS) is 21.7. The van der Waals surface area contributed by atoms with Crippen molar-refractivity contribution in [1.29, 1.82) is 0 Å². The molecule has 0 unspecified atom stereocenters. The fourth-order valence-electron chi connectivity index (χ4n) is 2.43. The highest BCUT2D eigenvalue weighted by atomic mass is 16.5. The van der Waals surface area contributed by atoms with Crippen molar-refractivity contribution in [3.8, 4) is 5.75 Å². The molecule has 1 aliphatic rings. The molecule has 1 aliphatic carbocycles. The molecule has 0 atom stereocenters. The zero-order valence-corrected chi connectivity index (χ0v) is 10.8. The van der Waals surface area contributed by atoms with E-state index in [4.69, 9.17) is 4.74 Å². The molecule has 1 heterocycles. The number of para-hydroxylation sites is 1. The van der Waals surface area contributed by atoms with Crippen molar-refractivity contribution in [3.63, 3.8) is 0 Å². The number of fused-ring (bicyclic) bond motifs is 1. The number of hydrogen-bond donors (Lipinski definition) is 1. The summed E-state index contributed by atoms with van der Waals surface area (Å²) < 4.78 is 5.95. The summed E-state index contributed by atoms with van der Waals surface area (Å²) in [4.78, 5) is 15.8. The smallest absolute Gasteiger partial charge is 0.223 e. The van der Waals surface area contributed by atoms with Gasteiger partial charge < -0.3 is 10.1 Å². The Bertz CT molecular complexity index is 601. The number of benzene rings is 1. The maximum atomic E-state index is 11.4. The Balaban J connectivity index is 1.72. The van der Waals surface area contributed by atoms with Crippen LogP contribution in [-0.4, -0.2) is 24.0 Å². The first-order valence-corrected chi connectivity index (χ1v) is 6.50. The largest absolute Gasteiger partial charge is 0.488 e. The summed E-state index contributed by atoms with van der Waals surface area (Å²) in [5.74, 6) is 1.01. The summed E-state index contributed by atoms with van der Waals surface area (Å²) in [5.41, 5.74) is 0.883. The minimum Gasteiger partial charge on any atom is -0.488 e. The van der Waals surface area contributed by atoms with E-state index >= 15 is 0 Å². The quantitative estimate of drug-likeness (QED) is 0.915. The van der Waals surface area contributed by atoms with E-state index in [0.29, 0.717) is 0 Å². The Labute approximate surface area is 111 Å². The van der Waals surface area contributed by atoms with Crippen LogP contribution in [-0.2, 0) is 4.79 Å². The molecule has 19 heavy (non-hydrogen) atoms. The van der Waals surface area contributed by atoms with Crippen LogP contribution in [0.15, 0.2) is 36.5 Å². The number of rotatable bonds is 3. The monoisotopic (exact) mass is 256 g/mol.